The summed E-state index contributed by atoms with van der Waals surface area (Å²) in [6.45, 7) is 3.14. The third-order valence-electron chi connectivity index (χ3n) is 5.11. The first kappa shape index (κ1) is 19.9. The zero-order chi connectivity index (χ0) is 20.3. The molecule has 0 fully saturated rings. The second-order valence-electron chi connectivity index (χ2n) is 6.92. The number of benzene rings is 2. The third kappa shape index (κ3) is 3.74. The van der Waals surface area contributed by atoms with Gasteiger partial charge in [-0.05, 0) is 26.5 Å². The van der Waals surface area contributed by atoms with Crippen LogP contribution in [0.5, 0.6) is 0 Å². The Hall–Kier alpha value is -2.83. The first-order chi connectivity index (χ1) is 13.5. The van der Waals surface area contributed by atoms with E-state index in [1.165, 1.54) is 0 Å². The Bertz CT molecular complexity index is 923. The minimum atomic E-state index is -0.394. The summed E-state index contributed by atoms with van der Waals surface area (Å²) in [4.78, 5) is 40.5. The van der Waals surface area contributed by atoms with Gasteiger partial charge >= 0.3 is 0 Å². The molecule has 1 aliphatic rings. The molecule has 0 aromatic heterocycles. The fourth-order valence-electron chi connectivity index (χ4n) is 3.34. The van der Waals surface area contributed by atoms with E-state index < -0.39 is 6.04 Å². The standard InChI is InChI=1S/C22H24N2O4/c1-14(24(2)12-7-13-28-3)22(27)23-18-11-6-10-17-19(18)21(26)16-9-5-4-8-15(16)20(17)25/h4-6,8-11,14H,7,12-13H2,1-3H3,(H,23,27). The van der Waals surface area contributed by atoms with Crippen LogP contribution in [0.3, 0.4) is 0 Å². The van der Waals surface area contributed by atoms with Gasteiger partial charge in [-0.25, -0.2) is 0 Å². The molecule has 6 nitrogen and oxygen atoms in total. The Labute approximate surface area is 164 Å². The van der Waals surface area contributed by atoms with Crippen molar-refractivity contribution in [3.8, 4) is 0 Å². The lowest BCUT2D eigenvalue weighted by atomic mass is 9.83. The first-order valence-electron chi connectivity index (χ1n) is 9.27. The number of nitrogens with zero attached hydrogens (tertiary/aromatic N) is 1. The molecule has 0 radical (unpaired) electrons. The fourth-order valence-corrected chi connectivity index (χ4v) is 3.34. The van der Waals surface area contributed by atoms with E-state index in [0.29, 0.717) is 35.5 Å². The van der Waals surface area contributed by atoms with E-state index in [4.69, 9.17) is 4.74 Å². The van der Waals surface area contributed by atoms with Crippen LogP contribution in [0.4, 0.5) is 5.69 Å². The number of likely N-dealkylation sites (N-methyl/N-ethyl adjacent to an activating group) is 1. The van der Waals surface area contributed by atoms with Gasteiger partial charge in [-0.15, -0.1) is 0 Å². The van der Waals surface area contributed by atoms with E-state index in [2.05, 4.69) is 5.32 Å². The molecule has 0 bridgehead atoms. The summed E-state index contributed by atoms with van der Waals surface area (Å²) in [5, 5.41) is 2.84. The minimum absolute atomic E-state index is 0.203. The highest BCUT2D eigenvalue weighted by Gasteiger charge is 2.32. The van der Waals surface area contributed by atoms with Gasteiger partial charge in [0.15, 0.2) is 11.6 Å². The Morgan fingerprint density at radius 1 is 1.04 bits per heavy atom. The smallest absolute Gasteiger partial charge is 0.241 e. The lowest BCUT2D eigenvalue weighted by molar-refractivity contribution is -0.120. The third-order valence-corrected chi connectivity index (χ3v) is 5.11. The van der Waals surface area contributed by atoms with E-state index >= 15 is 0 Å². The summed E-state index contributed by atoms with van der Waals surface area (Å²) in [5.41, 5.74) is 1.71. The number of methoxy groups -OCH3 is 1. The highest BCUT2D eigenvalue weighted by Crippen LogP contribution is 2.32. The van der Waals surface area contributed by atoms with Gasteiger partial charge in [0.25, 0.3) is 0 Å². The molecule has 3 rings (SSSR count). The number of carbonyl (C=O) groups excluding carboxylic acids is 3. The average molecular weight is 380 g/mol. The molecule has 0 aliphatic heterocycles. The zero-order valence-corrected chi connectivity index (χ0v) is 16.3. The summed E-state index contributed by atoms with van der Waals surface area (Å²) in [7, 11) is 3.51. The van der Waals surface area contributed by atoms with Crippen molar-refractivity contribution in [2.45, 2.75) is 19.4 Å². The summed E-state index contributed by atoms with van der Waals surface area (Å²) >= 11 is 0. The molecule has 0 spiro atoms. The van der Waals surface area contributed by atoms with Crippen molar-refractivity contribution in [2.24, 2.45) is 0 Å². The molecule has 0 heterocycles. The number of carbonyl (C=O) groups is 3. The molecule has 6 heteroatoms. The first-order valence-corrected chi connectivity index (χ1v) is 9.27. The molecule has 1 atom stereocenters. The van der Waals surface area contributed by atoms with Crippen molar-refractivity contribution < 1.29 is 19.1 Å². The van der Waals surface area contributed by atoms with Crippen molar-refractivity contribution in [3.63, 3.8) is 0 Å². The monoisotopic (exact) mass is 380 g/mol. The van der Waals surface area contributed by atoms with Crippen LogP contribution in [0.25, 0.3) is 0 Å². The van der Waals surface area contributed by atoms with Crippen molar-refractivity contribution in [1.29, 1.82) is 0 Å². The number of hydrogen-bond acceptors (Lipinski definition) is 5. The SMILES string of the molecule is COCCCN(C)C(C)C(=O)Nc1cccc2c1C(=O)c1ccccc1C2=O. The van der Waals surface area contributed by atoms with Crippen LogP contribution in [0.1, 0.15) is 45.2 Å². The number of ketones is 2. The highest BCUT2D eigenvalue weighted by atomic mass is 16.5. The van der Waals surface area contributed by atoms with Gasteiger partial charge in [0.2, 0.25) is 5.91 Å². The van der Waals surface area contributed by atoms with Gasteiger partial charge in [-0.3, -0.25) is 19.3 Å². The number of nitrogens with one attached hydrogen (secondary N) is 1. The van der Waals surface area contributed by atoms with Gasteiger partial charge < -0.3 is 10.1 Å². The molecule has 1 unspecified atom stereocenters. The molecule has 1 aliphatic carbocycles. The van der Waals surface area contributed by atoms with Crippen LogP contribution in [0.15, 0.2) is 42.5 Å². The predicted molar refractivity (Wildman–Crippen MR) is 107 cm³/mol. The number of amides is 1. The number of anilines is 1. The number of hydrogen-bond donors (Lipinski definition) is 1. The number of ether oxygens (including phenoxy) is 1. The predicted octanol–water partition coefficient (Wildman–Crippen LogP) is 2.76. The van der Waals surface area contributed by atoms with Gasteiger partial charge in [0.05, 0.1) is 17.3 Å². The fraction of sp³-hybridized carbons (Fsp3) is 0.318. The van der Waals surface area contributed by atoms with E-state index in [0.717, 1.165) is 6.42 Å². The molecule has 0 saturated heterocycles. The van der Waals surface area contributed by atoms with Crippen LogP contribution in [0.2, 0.25) is 0 Å². The van der Waals surface area contributed by atoms with E-state index in [1.54, 1.807) is 56.5 Å². The van der Waals surface area contributed by atoms with E-state index in [9.17, 15) is 14.4 Å². The van der Waals surface area contributed by atoms with Gasteiger partial charge in [0, 0.05) is 37.0 Å². The van der Waals surface area contributed by atoms with E-state index in [-0.39, 0.29) is 23.0 Å². The second-order valence-corrected chi connectivity index (χ2v) is 6.92. The Morgan fingerprint density at radius 3 is 2.36 bits per heavy atom. The maximum atomic E-state index is 13.0. The molecule has 1 amide bonds. The molecule has 2 aromatic rings. The highest BCUT2D eigenvalue weighted by molar-refractivity contribution is 6.30. The Morgan fingerprint density at radius 2 is 1.68 bits per heavy atom. The lowest BCUT2D eigenvalue weighted by Crippen LogP contribution is -2.40. The summed E-state index contributed by atoms with van der Waals surface area (Å²) in [6, 6.07) is 11.3. The quantitative estimate of drug-likeness (QED) is 0.638. The Balaban J connectivity index is 1.84. The maximum Gasteiger partial charge on any atom is 0.241 e. The largest absolute Gasteiger partial charge is 0.385 e. The summed E-state index contributed by atoms with van der Waals surface area (Å²) < 4.78 is 5.04. The van der Waals surface area contributed by atoms with Crippen LogP contribution >= 0.6 is 0 Å². The average Bonchev–Trinajstić information content (AvgIpc) is 2.71. The zero-order valence-electron chi connectivity index (χ0n) is 16.3. The lowest BCUT2D eigenvalue weighted by Gasteiger charge is -2.25. The topological polar surface area (TPSA) is 75.7 Å². The van der Waals surface area contributed by atoms with Crippen LogP contribution < -0.4 is 5.32 Å². The van der Waals surface area contributed by atoms with E-state index in [1.807, 2.05) is 11.9 Å². The molecular weight excluding hydrogens is 356 g/mol. The van der Waals surface area contributed by atoms with Crippen molar-refractivity contribution in [1.82, 2.24) is 4.90 Å². The van der Waals surface area contributed by atoms with Crippen molar-refractivity contribution >= 4 is 23.2 Å². The van der Waals surface area contributed by atoms with Crippen molar-refractivity contribution in [2.75, 3.05) is 32.6 Å². The summed E-state index contributed by atoms with van der Waals surface area (Å²) in [6.07, 6.45) is 0.815. The molecule has 146 valence electrons. The Kier molecular flexibility index (Phi) is 6.02. The van der Waals surface area contributed by atoms with Crippen molar-refractivity contribution in [3.05, 3.63) is 64.7 Å². The molecule has 2 aromatic carbocycles. The van der Waals surface area contributed by atoms with Gasteiger partial charge in [0.1, 0.15) is 0 Å². The molecule has 0 saturated carbocycles. The normalized spacial score (nSPS) is 13.9. The van der Waals surface area contributed by atoms with Crippen LogP contribution in [-0.4, -0.2) is 55.7 Å². The second kappa shape index (κ2) is 8.46. The van der Waals surface area contributed by atoms with Gasteiger partial charge in [-0.1, -0.05) is 36.4 Å². The summed E-state index contributed by atoms with van der Waals surface area (Å²) in [5.74, 6) is -0.680. The molecular formula is C22H24N2O4. The maximum absolute atomic E-state index is 13.0. The molecule has 1 N–H and O–H groups in total. The number of fused-ring (bicyclic) bond motifs is 2. The van der Waals surface area contributed by atoms with Crippen LogP contribution in [0, 0.1) is 0 Å². The minimum Gasteiger partial charge on any atom is -0.385 e. The molecule has 28 heavy (non-hydrogen) atoms. The van der Waals surface area contributed by atoms with Crippen LogP contribution in [-0.2, 0) is 9.53 Å². The van der Waals surface area contributed by atoms with Gasteiger partial charge in [-0.2, -0.15) is 0 Å². The number of rotatable bonds is 7.